The zero-order chi connectivity index (χ0) is 9.56. The maximum absolute atomic E-state index is 12.7. The zero-order valence-corrected chi connectivity index (χ0v) is 6.94. The van der Waals surface area contributed by atoms with E-state index >= 15 is 0 Å². The fourth-order valence-corrected chi connectivity index (χ4v) is 0.444. The third-order valence-electron chi connectivity index (χ3n) is 1.09. The number of hydrogen-bond donors (Lipinski definition) is 0. The Balaban J connectivity index is 4.40. The minimum Gasteiger partial charge on any atom is -0.212 e. The molecule has 0 saturated carbocycles. The van der Waals surface area contributed by atoms with Crippen LogP contribution in [0.5, 0.6) is 0 Å². The zero-order valence-electron chi connectivity index (χ0n) is 6.94. The number of nitrogens with zero attached hydrogens (tertiary/aromatic N) is 1. The van der Waals surface area contributed by atoms with E-state index in [0.29, 0.717) is 0 Å². The summed E-state index contributed by atoms with van der Waals surface area (Å²) in [4.78, 5) is 0. The predicted octanol–water partition coefficient (Wildman–Crippen LogP) is 3.18. The molecule has 0 aliphatic rings. The average molecular weight is 169 g/mol. The third kappa shape index (κ3) is 4.40. The van der Waals surface area contributed by atoms with Gasteiger partial charge in [-0.1, -0.05) is 6.08 Å². The quantitative estimate of drug-likeness (QED) is 0.460. The van der Waals surface area contributed by atoms with Crippen LogP contribution in [-0.2, 0) is 0 Å². The highest BCUT2D eigenvalue weighted by Crippen LogP contribution is 2.06. The van der Waals surface area contributed by atoms with Gasteiger partial charge in [-0.25, -0.2) is 8.78 Å². The van der Waals surface area contributed by atoms with E-state index in [1.165, 1.54) is 19.9 Å². The second kappa shape index (κ2) is 5.25. The van der Waals surface area contributed by atoms with Crippen molar-refractivity contribution < 1.29 is 8.78 Å². The fourth-order valence-electron chi connectivity index (χ4n) is 0.444. The lowest BCUT2D eigenvalue weighted by Gasteiger charge is -1.85. The Kier molecular flexibility index (Phi) is 4.62. The van der Waals surface area contributed by atoms with Crippen LogP contribution >= 0.6 is 0 Å². The molecule has 0 aliphatic heterocycles. The number of rotatable bonds is 2. The minimum absolute atomic E-state index is 0.0174. The van der Waals surface area contributed by atoms with Crippen molar-refractivity contribution in [1.82, 2.24) is 0 Å². The first-order valence-corrected chi connectivity index (χ1v) is 3.35. The van der Waals surface area contributed by atoms with Crippen molar-refractivity contribution in [3.63, 3.8) is 0 Å². The molecule has 0 bridgehead atoms. The van der Waals surface area contributed by atoms with Crippen molar-refractivity contribution in [2.45, 2.75) is 13.8 Å². The molecule has 0 saturated heterocycles. The first-order chi connectivity index (χ1) is 5.57. The summed E-state index contributed by atoms with van der Waals surface area (Å²) >= 11 is 0. The van der Waals surface area contributed by atoms with Gasteiger partial charge in [-0.15, -0.1) is 0 Å². The first kappa shape index (κ1) is 10.6. The lowest BCUT2D eigenvalue weighted by atomic mass is 10.3. The Morgan fingerprint density at radius 1 is 1.33 bits per heavy atom. The monoisotopic (exact) mass is 169 g/mol. The van der Waals surface area contributed by atoms with Crippen molar-refractivity contribution in [1.29, 1.82) is 5.26 Å². The molecule has 0 aromatic carbocycles. The number of hydrogen-bond acceptors (Lipinski definition) is 1. The van der Waals surface area contributed by atoms with Crippen molar-refractivity contribution in [3.8, 4) is 6.07 Å². The van der Waals surface area contributed by atoms with Crippen LogP contribution in [0, 0.1) is 11.3 Å². The summed E-state index contributed by atoms with van der Waals surface area (Å²) in [6.45, 7) is 2.61. The summed E-state index contributed by atoms with van der Waals surface area (Å²) in [6.07, 6.45) is 3.37. The van der Waals surface area contributed by atoms with Crippen LogP contribution in [0.2, 0.25) is 0 Å². The number of allylic oxidation sites excluding steroid dienone is 6. The van der Waals surface area contributed by atoms with Crippen molar-refractivity contribution in [2.24, 2.45) is 0 Å². The second-order valence-electron chi connectivity index (χ2n) is 2.20. The van der Waals surface area contributed by atoms with Gasteiger partial charge < -0.3 is 0 Å². The molecular weight excluding hydrogens is 160 g/mol. The van der Waals surface area contributed by atoms with Gasteiger partial charge in [0.05, 0.1) is 17.5 Å². The predicted molar refractivity (Wildman–Crippen MR) is 43.4 cm³/mol. The molecule has 0 radical (unpaired) electrons. The van der Waals surface area contributed by atoms with Crippen molar-refractivity contribution >= 4 is 0 Å². The van der Waals surface area contributed by atoms with Crippen LogP contribution in [0.1, 0.15) is 13.8 Å². The molecule has 3 heteroatoms. The SMILES string of the molecule is C\C(C#N)=C(F)/C=C\C=C(/C)F. The molecule has 0 atom stereocenters. The van der Waals surface area contributed by atoms with Gasteiger partial charge in [0.15, 0.2) is 0 Å². The molecule has 0 N–H and O–H groups in total. The van der Waals surface area contributed by atoms with Crippen LogP contribution in [0.15, 0.2) is 35.5 Å². The van der Waals surface area contributed by atoms with Gasteiger partial charge in [-0.05, 0) is 26.0 Å². The van der Waals surface area contributed by atoms with E-state index in [2.05, 4.69) is 0 Å². The van der Waals surface area contributed by atoms with Gasteiger partial charge >= 0.3 is 0 Å². The summed E-state index contributed by atoms with van der Waals surface area (Å²) in [7, 11) is 0. The number of nitriles is 1. The molecule has 0 aliphatic carbocycles. The van der Waals surface area contributed by atoms with Crippen molar-refractivity contribution in [3.05, 3.63) is 35.5 Å². The molecule has 0 aromatic heterocycles. The van der Waals surface area contributed by atoms with Gasteiger partial charge in [0, 0.05) is 0 Å². The van der Waals surface area contributed by atoms with E-state index in [1.807, 2.05) is 0 Å². The lowest BCUT2D eigenvalue weighted by Crippen LogP contribution is -1.73. The number of halogens is 2. The maximum Gasteiger partial charge on any atom is 0.136 e. The Morgan fingerprint density at radius 3 is 2.33 bits per heavy atom. The molecule has 0 unspecified atom stereocenters. The van der Waals surface area contributed by atoms with Crippen molar-refractivity contribution in [2.75, 3.05) is 0 Å². The van der Waals surface area contributed by atoms with E-state index in [0.717, 1.165) is 12.2 Å². The Morgan fingerprint density at radius 2 is 1.92 bits per heavy atom. The molecule has 0 heterocycles. The summed E-state index contributed by atoms with van der Waals surface area (Å²) in [5.41, 5.74) is -0.0174. The first-order valence-electron chi connectivity index (χ1n) is 3.35. The highest BCUT2D eigenvalue weighted by molar-refractivity contribution is 5.29. The smallest absolute Gasteiger partial charge is 0.136 e. The Hall–Kier alpha value is -1.43. The van der Waals surface area contributed by atoms with E-state index < -0.39 is 11.7 Å². The largest absolute Gasteiger partial charge is 0.212 e. The van der Waals surface area contributed by atoms with Gasteiger partial charge in [-0.3, -0.25) is 0 Å². The fraction of sp³-hybridized carbons (Fsp3) is 0.222. The minimum atomic E-state index is -0.644. The van der Waals surface area contributed by atoms with Gasteiger partial charge in [0.25, 0.3) is 0 Å². The summed E-state index contributed by atoms with van der Waals surface area (Å²) in [6, 6.07) is 1.64. The van der Waals surface area contributed by atoms with E-state index in [1.54, 1.807) is 6.07 Å². The topological polar surface area (TPSA) is 23.8 Å². The Bertz CT molecular complexity index is 275. The maximum atomic E-state index is 12.7. The second-order valence-corrected chi connectivity index (χ2v) is 2.20. The molecule has 0 rings (SSSR count). The normalized spacial score (nSPS) is 14.4. The van der Waals surface area contributed by atoms with Crippen LogP contribution in [0.4, 0.5) is 8.78 Å². The molecule has 64 valence electrons. The summed E-state index contributed by atoms with van der Waals surface area (Å²) in [5.74, 6) is -1.05. The molecule has 0 aromatic rings. The molecule has 1 nitrogen and oxygen atoms in total. The van der Waals surface area contributed by atoms with Gasteiger partial charge in [-0.2, -0.15) is 5.26 Å². The average Bonchev–Trinajstić information content (AvgIpc) is 2.02. The molecule has 0 fully saturated rings. The van der Waals surface area contributed by atoms with Crippen LogP contribution in [0.25, 0.3) is 0 Å². The van der Waals surface area contributed by atoms with Gasteiger partial charge in [0.1, 0.15) is 5.83 Å². The molecule has 12 heavy (non-hydrogen) atoms. The van der Waals surface area contributed by atoms with Gasteiger partial charge in [0.2, 0.25) is 0 Å². The summed E-state index contributed by atoms with van der Waals surface area (Å²) < 4.78 is 24.7. The standard InChI is InChI=1S/C9H9F2N/c1-7(6-12)9(11)5-3-4-8(2)10/h3-5H,1-2H3/b5-3-,8-4+,9-7-. The summed E-state index contributed by atoms with van der Waals surface area (Å²) in [5, 5.41) is 8.24. The lowest BCUT2D eigenvalue weighted by molar-refractivity contribution is 0.640. The van der Waals surface area contributed by atoms with E-state index in [9.17, 15) is 8.78 Å². The van der Waals surface area contributed by atoms with Crippen LogP contribution in [-0.4, -0.2) is 0 Å². The Labute approximate surface area is 70.3 Å². The van der Waals surface area contributed by atoms with Crippen LogP contribution < -0.4 is 0 Å². The highest BCUT2D eigenvalue weighted by Gasteiger charge is 1.93. The van der Waals surface area contributed by atoms with E-state index in [4.69, 9.17) is 5.26 Å². The molecular formula is C9H9F2N. The highest BCUT2D eigenvalue weighted by atomic mass is 19.1. The molecule has 0 amide bonds. The molecule has 0 spiro atoms. The van der Waals surface area contributed by atoms with Crippen LogP contribution in [0.3, 0.4) is 0 Å². The van der Waals surface area contributed by atoms with E-state index in [-0.39, 0.29) is 5.57 Å². The third-order valence-corrected chi connectivity index (χ3v) is 1.09.